The molecule has 0 atom stereocenters. The first-order valence-corrected chi connectivity index (χ1v) is 5.94. The lowest BCUT2D eigenvalue weighted by Crippen LogP contribution is -2.47. The van der Waals surface area contributed by atoms with Gasteiger partial charge in [0.2, 0.25) is 15.9 Å². The first-order valence-electron chi connectivity index (χ1n) is 2.92. The molecule has 0 aliphatic carbocycles. The topological polar surface area (TPSA) is 34.1 Å². The van der Waals surface area contributed by atoms with Crippen molar-refractivity contribution in [2.24, 2.45) is 0 Å². The molecule has 0 heterocycles. The van der Waals surface area contributed by atoms with Gasteiger partial charge in [-0.3, -0.25) is 9.59 Å². The number of rotatable bonds is 2. The van der Waals surface area contributed by atoms with E-state index in [-0.39, 0.29) is 0 Å². The molecule has 0 aromatic rings. The van der Waals surface area contributed by atoms with E-state index in [0.717, 1.165) is 0 Å². The summed E-state index contributed by atoms with van der Waals surface area (Å²) in [4.78, 5) is 22.6. The van der Waals surface area contributed by atoms with Crippen LogP contribution in [0.15, 0.2) is 0 Å². The third-order valence-corrected chi connectivity index (χ3v) is 2.80. The number of hydrogen-bond acceptors (Lipinski definition) is 2. The number of carbonyl (C=O) groups is 2. The Morgan fingerprint density at radius 2 is 0.800 bits per heavy atom. The van der Waals surface area contributed by atoms with E-state index in [9.17, 15) is 9.59 Å². The summed E-state index contributed by atoms with van der Waals surface area (Å²) in [6.07, 6.45) is 0. The Balaban J connectivity index is 5.18. The van der Waals surface area contributed by atoms with Crippen molar-refractivity contribution >= 4 is 104 Å². The molecule has 0 aliphatic rings. The highest BCUT2D eigenvalue weighted by atomic mass is 35.6. The average molecular weight is 376 g/mol. The predicted molar refractivity (Wildman–Crippen MR) is 65.0 cm³/mol. The normalized spacial score (nSPS) is 13.9. The van der Waals surface area contributed by atoms with Gasteiger partial charge in [-0.2, -0.15) is 0 Å². The summed E-state index contributed by atoms with van der Waals surface area (Å²) in [5.74, 6) is -2.83. The molecule has 10 heteroatoms. The van der Waals surface area contributed by atoms with E-state index in [1.54, 1.807) is 0 Å². The van der Waals surface area contributed by atoms with Crippen LogP contribution in [0.2, 0.25) is 0 Å². The lowest BCUT2D eigenvalue weighted by molar-refractivity contribution is -0.127. The first-order chi connectivity index (χ1) is 6.31. The molecule has 88 valence electrons. The zero-order chi connectivity index (χ0) is 12.7. The van der Waals surface area contributed by atoms with Gasteiger partial charge in [0.15, 0.2) is 0 Å². The third kappa shape index (κ3) is 4.44. The number of alkyl halides is 8. The molecule has 0 rings (SSSR count). The predicted octanol–water partition coefficient (Wildman–Crippen LogP) is 4.04. The highest BCUT2D eigenvalue weighted by Crippen LogP contribution is 2.43. The smallest absolute Gasteiger partial charge is 0.252 e. The molecule has 0 aromatic heterocycles. The van der Waals surface area contributed by atoms with Gasteiger partial charge in [-0.15, -0.1) is 0 Å². The molecule has 15 heavy (non-hydrogen) atoms. The van der Waals surface area contributed by atoms with Crippen LogP contribution in [0.4, 0.5) is 0 Å². The summed E-state index contributed by atoms with van der Waals surface area (Å²) in [5.41, 5.74) is 0. The summed E-state index contributed by atoms with van der Waals surface area (Å²) in [6.45, 7) is 0. The minimum atomic E-state index is -2.74. The molecule has 0 N–H and O–H groups in total. The summed E-state index contributed by atoms with van der Waals surface area (Å²) >= 11 is 41.9. The molecule has 2 nitrogen and oxygen atoms in total. The minimum absolute atomic E-state index is 1.42. The maximum atomic E-state index is 11.3. The monoisotopic (exact) mass is 372 g/mol. The highest BCUT2D eigenvalue weighted by molar-refractivity contribution is 6.87. The molecule has 0 unspecified atom stereocenters. The zero-order valence-corrected chi connectivity index (χ0v) is 12.4. The lowest BCUT2D eigenvalue weighted by atomic mass is 10.2. The van der Waals surface area contributed by atoms with Crippen molar-refractivity contribution in [3.05, 3.63) is 0 Å². The fourth-order valence-electron chi connectivity index (χ4n) is 0.459. The van der Waals surface area contributed by atoms with Gasteiger partial charge in [0, 0.05) is 0 Å². The quantitative estimate of drug-likeness (QED) is 0.539. The van der Waals surface area contributed by atoms with Crippen LogP contribution in [-0.2, 0) is 9.59 Å². The van der Waals surface area contributed by atoms with Gasteiger partial charge >= 0.3 is 0 Å². The van der Waals surface area contributed by atoms with E-state index in [1.165, 1.54) is 0 Å². The molecule has 0 saturated heterocycles. The molecular formula is C5Cl8O2. The second-order valence-electron chi connectivity index (χ2n) is 2.23. The SMILES string of the molecule is O=C(C(Cl)(Cl)Cl)C(Cl)(Cl)C(=O)C(Cl)(Cl)Cl. The van der Waals surface area contributed by atoms with Crippen LogP contribution in [0.5, 0.6) is 0 Å². The number of Topliss-reactive ketones (excluding diaryl/α,β-unsaturated/α-hetero) is 2. The van der Waals surface area contributed by atoms with Crippen molar-refractivity contribution in [2.45, 2.75) is 11.9 Å². The summed E-state index contributed by atoms with van der Waals surface area (Å²) in [5, 5.41) is 0. The van der Waals surface area contributed by atoms with E-state index in [4.69, 9.17) is 92.8 Å². The van der Waals surface area contributed by atoms with Crippen molar-refractivity contribution in [3.63, 3.8) is 0 Å². The zero-order valence-electron chi connectivity index (χ0n) is 6.34. The number of hydrogen-bond donors (Lipinski definition) is 0. The summed E-state index contributed by atoms with van der Waals surface area (Å²) in [7, 11) is 0. The van der Waals surface area contributed by atoms with E-state index in [0.29, 0.717) is 0 Å². The third-order valence-electron chi connectivity index (χ3n) is 1.09. The molecular weight excluding hydrogens is 376 g/mol. The van der Waals surface area contributed by atoms with Crippen molar-refractivity contribution in [1.82, 2.24) is 0 Å². The van der Waals surface area contributed by atoms with E-state index < -0.39 is 23.5 Å². The lowest BCUT2D eigenvalue weighted by Gasteiger charge is -2.23. The fraction of sp³-hybridized carbons (Fsp3) is 0.600. The van der Waals surface area contributed by atoms with E-state index >= 15 is 0 Å². The number of halogens is 8. The molecule has 0 fully saturated rings. The molecule has 0 saturated carbocycles. The van der Waals surface area contributed by atoms with E-state index in [1.807, 2.05) is 0 Å². The van der Waals surface area contributed by atoms with Crippen LogP contribution >= 0.6 is 92.8 Å². The van der Waals surface area contributed by atoms with Crippen LogP contribution in [0.25, 0.3) is 0 Å². The molecule has 0 aromatic carbocycles. The van der Waals surface area contributed by atoms with Crippen LogP contribution in [-0.4, -0.2) is 23.5 Å². The highest BCUT2D eigenvalue weighted by Gasteiger charge is 2.56. The maximum Gasteiger partial charge on any atom is 0.252 e. The minimum Gasteiger partial charge on any atom is -0.291 e. The van der Waals surface area contributed by atoms with Crippen molar-refractivity contribution < 1.29 is 9.59 Å². The molecule has 0 bridgehead atoms. The van der Waals surface area contributed by atoms with Gasteiger partial charge in [-0.25, -0.2) is 0 Å². The Hall–Kier alpha value is 1.66. The van der Waals surface area contributed by atoms with Gasteiger partial charge in [0.1, 0.15) is 0 Å². The number of carbonyl (C=O) groups excluding carboxylic acids is 2. The molecule has 0 aliphatic heterocycles. The molecule has 0 spiro atoms. The fourth-order valence-corrected chi connectivity index (χ4v) is 2.46. The van der Waals surface area contributed by atoms with Gasteiger partial charge in [0.05, 0.1) is 0 Å². The Bertz CT molecular complexity index is 256. The maximum absolute atomic E-state index is 11.3. The van der Waals surface area contributed by atoms with Crippen LogP contribution in [0, 0.1) is 0 Å². The summed E-state index contributed by atoms with van der Waals surface area (Å²) < 4.78 is -7.72. The first kappa shape index (κ1) is 16.7. The summed E-state index contributed by atoms with van der Waals surface area (Å²) in [6, 6.07) is 0. The second-order valence-corrected chi connectivity index (χ2v) is 8.12. The Morgan fingerprint density at radius 1 is 0.600 bits per heavy atom. The van der Waals surface area contributed by atoms with E-state index in [2.05, 4.69) is 0 Å². The van der Waals surface area contributed by atoms with Gasteiger partial charge in [0.25, 0.3) is 7.59 Å². The van der Waals surface area contributed by atoms with Crippen molar-refractivity contribution in [3.8, 4) is 0 Å². The largest absolute Gasteiger partial charge is 0.291 e. The molecule has 0 radical (unpaired) electrons. The second kappa shape index (κ2) is 5.11. The number of ketones is 2. The Labute approximate surface area is 125 Å². The Morgan fingerprint density at radius 3 is 0.933 bits per heavy atom. The van der Waals surface area contributed by atoms with Gasteiger partial charge in [-0.05, 0) is 0 Å². The van der Waals surface area contributed by atoms with Gasteiger partial charge < -0.3 is 0 Å². The van der Waals surface area contributed by atoms with Gasteiger partial charge in [-0.1, -0.05) is 92.8 Å². The average Bonchev–Trinajstić information content (AvgIpc) is 1.98. The molecule has 0 amide bonds. The van der Waals surface area contributed by atoms with Crippen LogP contribution in [0.1, 0.15) is 0 Å². The van der Waals surface area contributed by atoms with Crippen molar-refractivity contribution in [2.75, 3.05) is 0 Å². The van der Waals surface area contributed by atoms with Crippen LogP contribution in [0.3, 0.4) is 0 Å². The van der Waals surface area contributed by atoms with Crippen molar-refractivity contribution in [1.29, 1.82) is 0 Å². The Kier molecular flexibility index (Phi) is 5.68. The standard InChI is InChI=1S/C5Cl8O2/c6-3(7,1(14)4(8,9)10)2(15)5(11,12)13. The van der Waals surface area contributed by atoms with Crippen LogP contribution < -0.4 is 0 Å².